The number of nitrogens with one attached hydrogen (secondary N) is 1. The highest BCUT2D eigenvalue weighted by Gasteiger charge is 2.14. The van der Waals surface area contributed by atoms with Gasteiger partial charge in [-0.2, -0.15) is 0 Å². The molecule has 0 heterocycles. The number of rotatable bonds is 10. The zero-order valence-electron chi connectivity index (χ0n) is 16.1. The van der Waals surface area contributed by atoms with Crippen molar-refractivity contribution in [1.82, 2.24) is 10.2 Å². The van der Waals surface area contributed by atoms with Gasteiger partial charge in [-0.25, -0.2) is 0 Å². The van der Waals surface area contributed by atoms with Crippen molar-refractivity contribution in [3.8, 4) is 5.75 Å². The zero-order valence-corrected chi connectivity index (χ0v) is 16.1. The van der Waals surface area contributed by atoms with Crippen molar-refractivity contribution in [2.75, 3.05) is 20.2 Å². The lowest BCUT2D eigenvalue weighted by Gasteiger charge is -2.22. The summed E-state index contributed by atoms with van der Waals surface area (Å²) in [6.45, 7) is 2.98. The number of carbonyl (C=O) groups is 2. The van der Waals surface area contributed by atoms with E-state index in [1.165, 1.54) is 12.5 Å². The van der Waals surface area contributed by atoms with Gasteiger partial charge in [-0.1, -0.05) is 48.5 Å². The first kappa shape index (κ1) is 20.5. The van der Waals surface area contributed by atoms with Crippen molar-refractivity contribution in [1.29, 1.82) is 0 Å². The van der Waals surface area contributed by atoms with Gasteiger partial charge < -0.3 is 15.0 Å². The first-order chi connectivity index (χ1) is 13.1. The second-order valence-corrected chi connectivity index (χ2v) is 6.44. The molecule has 0 spiro atoms. The van der Waals surface area contributed by atoms with Crippen molar-refractivity contribution in [2.45, 2.75) is 32.7 Å². The Morgan fingerprint density at radius 3 is 2.44 bits per heavy atom. The van der Waals surface area contributed by atoms with Gasteiger partial charge in [-0.3, -0.25) is 9.59 Å². The molecule has 0 atom stereocenters. The molecule has 5 heteroatoms. The summed E-state index contributed by atoms with van der Waals surface area (Å²) in [6, 6.07) is 17.8. The molecular weight excluding hydrogens is 340 g/mol. The van der Waals surface area contributed by atoms with Gasteiger partial charge in [0, 0.05) is 38.5 Å². The quantitative estimate of drug-likeness (QED) is 0.655. The number of hydrogen-bond donors (Lipinski definition) is 1. The molecule has 0 aliphatic rings. The standard InChI is InChI=1S/C22H28N2O3/c1-18(25)24(17-20-12-6-7-13-21(20)27-2)16-14-22(26)23-15-8-11-19-9-4-3-5-10-19/h3-7,9-10,12-13H,8,11,14-17H2,1-2H3,(H,23,26). The fourth-order valence-electron chi connectivity index (χ4n) is 2.88. The van der Waals surface area contributed by atoms with Crippen LogP contribution in [-0.4, -0.2) is 36.9 Å². The van der Waals surface area contributed by atoms with Crippen LogP contribution in [0.5, 0.6) is 5.75 Å². The van der Waals surface area contributed by atoms with Crippen LogP contribution in [0.25, 0.3) is 0 Å². The SMILES string of the molecule is COc1ccccc1CN(CCC(=O)NCCCc1ccccc1)C(C)=O. The molecule has 5 nitrogen and oxygen atoms in total. The summed E-state index contributed by atoms with van der Waals surface area (Å²) >= 11 is 0. The molecule has 27 heavy (non-hydrogen) atoms. The van der Waals surface area contributed by atoms with Crippen LogP contribution in [0.15, 0.2) is 54.6 Å². The lowest BCUT2D eigenvalue weighted by molar-refractivity contribution is -0.130. The first-order valence-electron chi connectivity index (χ1n) is 9.28. The van der Waals surface area contributed by atoms with Gasteiger partial charge in [-0.15, -0.1) is 0 Å². The van der Waals surface area contributed by atoms with Crippen LogP contribution in [0, 0.1) is 0 Å². The van der Waals surface area contributed by atoms with E-state index >= 15 is 0 Å². The van der Waals surface area contributed by atoms with Crippen LogP contribution < -0.4 is 10.1 Å². The molecule has 2 rings (SSSR count). The summed E-state index contributed by atoms with van der Waals surface area (Å²) < 4.78 is 5.34. The molecular formula is C22H28N2O3. The van der Waals surface area contributed by atoms with Crippen LogP contribution in [0.4, 0.5) is 0 Å². The summed E-state index contributed by atoms with van der Waals surface area (Å²) in [5.41, 5.74) is 2.20. The number of aryl methyl sites for hydroxylation is 1. The predicted molar refractivity (Wildman–Crippen MR) is 106 cm³/mol. The molecule has 2 aromatic carbocycles. The van der Waals surface area contributed by atoms with E-state index in [-0.39, 0.29) is 11.8 Å². The van der Waals surface area contributed by atoms with E-state index in [0.29, 0.717) is 26.1 Å². The highest BCUT2D eigenvalue weighted by Crippen LogP contribution is 2.19. The van der Waals surface area contributed by atoms with Gasteiger partial charge >= 0.3 is 0 Å². The molecule has 1 N–H and O–H groups in total. The third kappa shape index (κ3) is 7.13. The number of amides is 2. The highest BCUT2D eigenvalue weighted by atomic mass is 16.5. The Morgan fingerprint density at radius 2 is 1.74 bits per heavy atom. The molecule has 0 saturated carbocycles. The van der Waals surface area contributed by atoms with Crippen molar-refractivity contribution in [3.05, 3.63) is 65.7 Å². The summed E-state index contributed by atoms with van der Waals surface area (Å²) in [5.74, 6) is 0.654. The molecule has 2 aromatic rings. The number of ether oxygens (including phenoxy) is 1. The van der Waals surface area contributed by atoms with Gasteiger partial charge in [0.1, 0.15) is 5.75 Å². The van der Waals surface area contributed by atoms with Crippen LogP contribution >= 0.6 is 0 Å². The average Bonchev–Trinajstić information content (AvgIpc) is 2.69. The number of carbonyl (C=O) groups excluding carboxylic acids is 2. The lowest BCUT2D eigenvalue weighted by atomic mass is 10.1. The first-order valence-corrected chi connectivity index (χ1v) is 9.28. The monoisotopic (exact) mass is 368 g/mol. The Hall–Kier alpha value is -2.82. The third-order valence-corrected chi connectivity index (χ3v) is 4.42. The van der Waals surface area contributed by atoms with E-state index in [1.807, 2.05) is 42.5 Å². The third-order valence-electron chi connectivity index (χ3n) is 4.42. The fraction of sp³-hybridized carbons (Fsp3) is 0.364. The average molecular weight is 368 g/mol. The minimum atomic E-state index is -0.0576. The molecule has 2 amide bonds. The minimum absolute atomic E-state index is 0.0330. The van der Waals surface area contributed by atoms with E-state index in [1.54, 1.807) is 12.0 Å². The van der Waals surface area contributed by atoms with Gasteiger partial charge in [0.2, 0.25) is 11.8 Å². The highest BCUT2D eigenvalue weighted by molar-refractivity contribution is 5.78. The maximum atomic E-state index is 12.1. The number of nitrogens with zero attached hydrogens (tertiary/aromatic N) is 1. The number of methoxy groups -OCH3 is 1. The van der Waals surface area contributed by atoms with E-state index in [0.717, 1.165) is 24.2 Å². The second-order valence-electron chi connectivity index (χ2n) is 6.44. The molecule has 0 saturated heterocycles. The van der Waals surface area contributed by atoms with E-state index in [2.05, 4.69) is 17.4 Å². The molecule has 0 aliphatic carbocycles. The Bertz CT molecular complexity index is 731. The van der Waals surface area contributed by atoms with E-state index < -0.39 is 0 Å². The van der Waals surface area contributed by atoms with Crippen molar-refractivity contribution in [2.24, 2.45) is 0 Å². The number of benzene rings is 2. The van der Waals surface area contributed by atoms with Crippen LogP contribution in [-0.2, 0) is 22.6 Å². The van der Waals surface area contributed by atoms with Crippen LogP contribution in [0.1, 0.15) is 30.9 Å². The van der Waals surface area contributed by atoms with Gasteiger partial charge in [0.15, 0.2) is 0 Å². The fourth-order valence-corrected chi connectivity index (χ4v) is 2.88. The van der Waals surface area contributed by atoms with Crippen LogP contribution in [0.3, 0.4) is 0 Å². The van der Waals surface area contributed by atoms with Gasteiger partial charge in [0.05, 0.1) is 7.11 Å². The Labute approximate surface area is 161 Å². The summed E-state index contributed by atoms with van der Waals surface area (Å²) in [5, 5.41) is 2.93. The largest absolute Gasteiger partial charge is 0.496 e. The molecule has 144 valence electrons. The maximum absolute atomic E-state index is 12.1. The molecule has 0 fully saturated rings. The van der Waals surface area contributed by atoms with Gasteiger partial charge in [-0.05, 0) is 24.5 Å². The summed E-state index contributed by atoms with van der Waals surface area (Å²) in [4.78, 5) is 25.7. The zero-order chi connectivity index (χ0) is 19.5. The number of hydrogen-bond acceptors (Lipinski definition) is 3. The van der Waals surface area contributed by atoms with E-state index in [9.17, 15) is 9.59 Å². The smallest absolute Gasteiger partial charge is 0.221 e. The molecule has 0 aromatic heterocycles. The summed E-state index contributed by atoms with van der Waals surface area (Å²) in [7, 11) is 1.61. The normalized spacial score (nSPS) is 10.3. The molecule has 0 unspecified atom stereocenters. The van der Waals surface area contributed by atoms with Gasteiger partial charge in [0.25, 0.3) is 0 Å². The Morgan fingerprint density at radius 1 is 1.04 bits per heavy atom. The predicted octanol–water partition coefficient (Wildman–Crippen LogP) is 3.18. The Kier molecular flexibility index (Phi) is 8.36. The summed E-state index contributed by atoms with van der Waals surface area (Å²) in [6.07, 6.45) is 2.13. The maximum Gasteiger partial charge on any atom is 0.221 e. The molecule has 0 aliphatic heterocycles. The number of para-hydroxylation sites is 1. The van der Waals surface area contributed by atoms with Crippen LogP contribution in [0.2, 0.25) is 0 Å². The minimum Gasteiger partial charge on any atom is -0.496 e. The van der Waals surface area contributed by atoms with Crippen molar-refractivity contribution < 1.29 is 14.3 Å². The van der Waals surface area contributed by atoms with Crippen molar-refractivity contribution in [3.63, 3.8) is 0 Å². The van der Waals surface area contributed by atoms with Crippen molar-refractivity contribution >= 4 is 11.8 Å². The molecule has 0 bridgehead atoms. The Balaban J connectivity index is 1.74. The molecule has 0 radical (unpaired) electrons. The lowest BCUT2D eigenvalue weighted by Crippen LogP contribution is -2.34. The second kappa shape index (κ2) is 11.0. The topological polar surface area (TPSA) is 58.6 Å². The van der Waals surface area contributed by atoms with E-state index in [4.69, 9.17) is 4.74 Å².